The van der Waals surface area contributed by atoms with E-state index in [9.17, 15) is 12.8 Å². The van der Waals surface area contributed by atoms with Crippen molar-refractivity contribution >= 4 is 10.3 Å². The summed E-state index contributed by atoms with van der Waals surface area (Å²) in [5.41, 5.74) is 3.04. The van der Waals surface area contributed by atoms with Gasteiger partial charge in [0.2, 0.25) is 0 Å². The van der Waals surface area contributed by atoms with Crippen molar-refractivity contribution in [2.45, 2.75) is 6.54 Å². The number of benzene rings is 3. The van der Waals surface area contributed by atoms with E-state index in [2.05, 4.69) is 4.72 Å². The Hall–Kier alpha value is -2.70. The molecule has 3 aromatic carbocycles. The molecular formula is C19H14FNO3S. The molecule has 0 aliphatic carbocycles. The van der Waals surface area contributed by atoms with Gasteiger partial charge < -0.3 is 4.18 Å². The highest BCUT2D eigenvalue weighted by Crippen LogP contribution is 2.38. The molecule has 1 heterocycles. The van der Waals surface area contributed by atoms with Crippen LogP contribution in [0.3, 0.4) is 0 Å². The van der Waals surface area contributed by atoms with E-state index in [1.807, 2.05) is 36.4 Å². The van der Waals surface area contributed by atoms with Crippen LogP contribution >= 0.6 is 0 Å². The zero-order chi connectivity index (χ0) is 17.4. The first-order chi connectivity index (χ1) is 12.0. The van der Waals surface area contributed by atoms with Crippen LogP contribution in [0.15, 0.2) is 66.7 Å². The van der Waals surface area contributed by atoms with Crippen molar-refractivity contribution in [2.24, 2.45) is 0 Å². The minimum atomic E-state index is -3.86. The maximum atomic E-state index is 14.8. The molecular weight excluding hydrogens is 341 g/mol. The second kappa shape index (κ2) is 5.98. The van der Waals surface area contributed by atoms with Crippen molar-refractivity contribution in [1.29, 1.82) is 0 Å². The van der Waals surface area contributed by atoms with Crippen LogP contribution in [0, 0.1) is 5.82 Å². The number of fused-ring (bicyclic) bond motifs is 1. The van der Waals surface area contributed by atoms with E-state index in [0.717, 1.165) is 11.1 Å². The van der Waals surface area contributed by atoms with Gasteiger partial charge in [0.15, 0.2) is 5.75 Å². The Morgan fingerprint density at radius 2 is 1.68 bits per heavy atom. The summed E-state index contributed by atoms with van der Waals surface area (Å²) in [6.07, 6.45) is 0. The lowest BCUT2D eigenvalue weighted by Gasteiger charge is -2.20. The van der Waals surface area contributed by atoms with Gasteiger partial charge in [0.1, 0.15) is 5.82 Å². The molecule has 25 heavy (non-hydrogen) atoms. The van der Waals surface area contributed by atoms with Crippen LogP contribution < -0.4 is 8.91 Å². The second-order valence-corrected chi connectivity index (χ2v) is 7.08. The quantitative estimate of drug-likeness (QED) is 0.759. The third kappa shape index (κ3) is 3.01. The van der Waals surface area contributed by atoms with Gasteiger partial charge in [0, 0.05) is 23.2 Å². The van der Waals surface area contributed by atoms with Crippen LogP contribution in [-0.2, 0) is 16.8 Å². The molecule has 0 bridgehead atoms. The molecule has 0 spiro atoms. The lowest BCUT2D eigenvalue weighted by atomic mass is 9.97. The summed E-state index contributed by atoms with van der Waals surface area (Å²) in [5.74, 6) is -0.262. The van der Waals surface area contributed by atoms with Crippen molar-refractivity contribution in [3.05, 3.63) is 78.1 Å². The van der Waals surface area contributed by atoms with E-state index in [1.54, 1.807) is 24.3 Å². The normalized spacial score (nSPS) is 15.2. The molecule has 1 aliphatic heterocycles. The summed E-state index contributed by atoms with van der Waals surface area (Å²) in [5, 5.41) is 0. The summed E-state index contributed by atoms with van der Waals surface area (Å²) in [7, 11) is -3.86. The van der Waals surface area contributed by atoms with Crippen molar-refractivity contribution in [2.75, 3.05) is 0 Å². The molecule has 1 aliphatic rings. The Labute approximate surface area is 145 Å². The summed E-state index contributed by atoms with van der Waals surface area (Å²) < 4.78 is 45.5. The summed E-state index contributed by atoms with van der Waals surface area (Å²) in [6, 6.07) is 19.5. The molecule has 0 fully saturated rings. The zero-order valence-electron chi connectivity index (χ0n) is 13.1. The van der Waals surface area contributed by atoms with Crippen LogP contribution in [0.5, 0.6) is 5.75 Å². The van der Waals surface area contributed by atoms with Gasteiger partial charge in [-0.15, -0.1) is 0 Å². The molecule has 0 unspecified atom stereocenters. The predicted octanol–water partition coefficient (Wildman–Crippen LogP) is 3.89. The van der Waals surface area contributed by atoms with E-state index in [4.69, 9.17) is 4.18 Å². The van der Waals surface area contributed by atoms with Crippen LogP contribution in [0.1, 0.15) is 5.56 Å². The summed E-state index contributed by atoms with van der Waals surface area (Å²) in [4.78, 5) is 0. The topological polar surface area (TPSA) is 55.4 Å². The molecule has 126 valence electrons. The minimum Gasteiger partial charge on any atom is -0.370 e. The van der Waals surface area contributed by atoms with Gasteiger partial charge in [0.05, 0.1) is 0 Å². The highest BCUT2D eigenvalue weighted by atomic mass is 32.2. The summed E-state index contributed by atoms with van der Waals surface area (Å²) in [6.45, 7) is 0.120. The monoisotopic (exact) mass is 355 g/mol. The average Bonchev–Trinajstić information content (AvgIpc) is 2.61. The largest absolute Gasteiger partial charge is 0.382 e. The number of rotatable bonds is 2. The molecule has 6 heteroatoms. The zero-order valence-corrected chi connectivity index (χ0v) is 13.9. The van der Waals surface area contributed by atoms with E-state index in [1.165, 1.54) is 6.07 Å². The van der Waals surface area contributed by atoms with E-state index in [0.29, 0.717) is 16.7 Å². The highest BCUT2D eigenvalue weighted by molar-refractivity contribution is 7.85. The van der Waals surface area contributed by atoms with E-state index in [-0.39, 0.29) is 12.3 Å². The van der Waals surface area contributed by atoms with Crippen LogP contribution in [0.25, 0.3) is 22.3 Å². The number of nitrogens with one attached hydrogen (secondary N) is 1. The third-order valence-corrected chi connectivity index (χ3v) is 4.98. The van der Waals surface area contributed by atoms with Gasteiger partial charge >= 0.3 is 10.3 Å². The first-order valence-electron chi connectivity index (χ1n) is 7.70. The van der Waals surface area contributed by atoms with Gasteiger partial charge in [-0.2, -0.15) is 13.1 Å². The maximum Gasteiger partial charge on any atom is 0.382 e. The second-order valence-electron chi connectivity index (χ2n) is 5.71. The van der Waals surface area contributed by atoms with Gasteiger partial charge in [-0.25, -0.2) is 4.39 Å². The molecule has 3 aromatic rings. The molecule has 0 saturated carbocycles. The van der Waals surface area contributed by atoms with E-state index < -0.39 is 16.1 Å². The maximum absolute atomic E-state index is 14.8. The van der Waals surface area contributed by atoms with E-state index >= 15 is 0 Å². The molecule has 0 amide bonds. The molecule has 4 nitrogen and oxygen atoms in total. The number of halogens is 1. The molecule has 1 N–H and O–H groups in total. The van der Waals surface area contributed by atoms with Crippen molar-refractivity contribution < 1.29 is 17.0 Å². The molecule has 0 atom stereocenters. The Morgan fingerprint density at radius 3 is 2.44 bits per heavy atom. The average molecular weight is 355 g/mol. The van der Waals surface area contributed by atoms with Gasteiger partial charge in [-0.1, -0.05) is 60.7 Å². The van der Waals surface area contributed by atoms with Crippen LogP contribution in [-0.4, -0.2) is 8.42 Å². The standard InChI is InChI=1S/C19H14FNO3S/c20-18-11-14(13-5-2-1-3-6-13)9-10-16(18)17-8-4-7-15-12-21-25(22,23)24-19(15)17/h1-11,21H,12H2. The number of hydrogen-bond acceptors (Lipinski definition) is 3. The number of para-hydroxylation sites is 1. The SMILES string of the molecule is O=S1(=O)NCc2cccc(-c3ccc(-c4ccccc4)cc3F)c2O1. The lowest BCUT2D eigenvalue weighted by Crippen LogP contribution is -2.32. The molecule has 0 saturated heterocycles. The van der Waals surface area contributed by atoms with Crippen LogP contribution in [0.4, 0.5) is 4.39 Å². The van der Waals surface area contributed by atoms with Crippen molar-refractivity contribution in [1.82, 2.24) is 4.72 Å². The number of hydrogen-bond donors (Lipinski definition) is 1. The lowest BCUT2D eigenvalue weighted by molar-refractivity contribution is 0.454. The Kier molecular flexibility index (Phi) is 3.78. The van der Waals surface area contributed by atoms with Gasteiger partial charge in [-0.05, 0) is 17.2 Å². The van der Waals surface area contributed by atoms with Crippen LogP contribution in [0.2, 0.25) is 0 Å². The first kappa shape index (κ1) is 15.8. The van der Waals surface area contributed by atoms with Gasteiger partial charge in [-0.3, -0.25) is 0 Å². The van der Waals surface area contributed by atoms with Gasteiger partial charge in [0.25, 0.3) is 0 Å². The smallest absolute Gasteiger partial charge is 0.370 e. The predicted molar refractivity (Wildman–Crippen MR) is 93.7 cm³/mol. The fourth-order valence-electron chi connectivity index (χ4n) is 2.88. The Morgan fingerprint density at radius 1 is 0.880 bits per heavy atom. The first-order valence-corrected chi connectivity index (χ1v) is 9.11. The Balaban J connectivity index is 1.82. The minimum absolute atomic E-state index is 0.120. The Bertz CT molecular complexity index is 1050. The fraction of sp³-hybridized carbons (Fsp3) is 0.0526. The third-order valence-electron chi connectivity index (χ3n) is 4.10. The molecule has 0 radical (unpaired) electrons. The van der Waals surface area contributed by atoms with Crippen molar-refractivity contribution in [3.63, 3.8) is 0 Å². The fourth-order valence-corrected chi connectivity index (χ4v) is 3.69. The summed E-state index contributed by atoms with van der Waals surface area (Å²) >= 11 is 0. The molecule has 0 aromatic heterocycles. The molecule has 4 rings (SSSR count). The highest BCUT2D eigenvalue weighted by Gasteiger charge is 2.25. The van der Waals surface area contributed by atoms with Crippen molar-refractivity contribution in [3.8, 4) is 28.0 Å².